The number of carbonyl (C=O) groups is 3. The summed E-state index contributed by atoms with van der Waals surface area (Å²) >= 11 is 0. The fraction of sp³-hybridized carbons (Fsp3) is 0.500. The quantitative estimate of drug-likeness (QED) is 0.489. The maximum absolute atomic E-state index is 12.7. The van der Waals surface area contributed by atoms with E-state index in [0.29, 0.717) is 36.6 Å². The first-order chi connectivity index (χ1) is 15.5. The van der Waals surface area contributed by atoms with Gasteiger partial charge in [0.25, 0.3) is 11.8 Å². The minimum atomic E-state index is -0.794. The molecule has 1 spiro atoms. The van der Waals surface area contributed by atoms with Gasteiger partial charge in [-0.25, -0.2) is 4.79 Å². The van der Waals surface area contributed by atoms with E-state index in [9.17, 15) is 14.4 Å². The summed E-state index contributed by atoms with van der Waals surface area (Å²) in [5.41, 5.74) is -0.122. The lowest BCUT2D eigenvalue weighted by molar-refractivity contribution is -0.146. The van der Waals surface area contributed by atoms with Crippen molar-refractivity contribution in [2.24, 2.45) is 0 Å². The summed E-state index contributed by atoms with van der Waals surface area (Å²) in [6, 6.07) is 6.85. The molecule has 10 heteroatoms. The van der Waals surface area contributed by atoms with Crippen molar-refractivity contribution in [2.45, 2.75) is 57.6 Å². The second kappa shape index (κ2) is 9.37. The van der Waals surface area contributed by atoms with Crippen LogP contribution in [0.5, 0.6) is 5.75 Å². The van der Waals surface area contributed by atoms with Crippen molar-refractivity contribution in [1.82, 2.24) is 20.4 Å². The number of urea groups is 1. The first kappa shape index (κ1) is 21.8. The van der Waals surface area contributed by atoms with Gasteiger partial charge in [-0.2, -0.15) is 4.98 Å². The summed E-state index contributed by atoms with van der Waals surface area (Å²) in [5, 5.41) is 6.75. The molecule has 0 unspecified atom stereocenters. The number of amides is 3. The van der Waals surface area contributed by atoms with Gasteiger partial charge in [0, 0.05) is 6.54 Å². The SMILES string of the molecule is CCOc1ccccc1-c1noc(COC(=O)CCN2C(=O)NC3(CCCCC3)C2=O)n1. The third-order valence-electron chi connectivity index (χ3n) is 5.75. The number of ether oxygens (including phenoxy) is 2. The van der Waals surface area contributed by atoms with Crippen molar-refractivity contribution in [3.8, 4) is 17.1 Å². The predicted octanol–water partition coefficient (Wildman–Crippen LogP) is 2.82. The van der Waals surface area contributed by atoms with E-state index in [1.807, 2.05) is 31.2 Å². The molecule has 2 aromatic rings. The summed E-state index contributed by atoms with van der Waals surface area (Å²) < 4.78 is 15.9. The summed E-state index contributed by atoms with van der Waals surface area (Å²) in [6.45, 7) is 2.15. The number of esters is 1. The van der Waals surface area contributed by atoms with E-state index in [1.165, 1.54) is 0 Å². The van der Waals surface area contributed by atoms with E-state index in [2.05, 4.69) is 15.5 Å². The van der Waals surface area contributed by atoms with E-state index in [-0.39, 0.29) is 31.4 Å². The Kier molecular flexibility index (Phi) is 6.38. The number of aromatic nitrogens is 2. The molecule has 32 heavy (non-hydrogen) atoms. The molecule has 1 aliphatic heterocycles. The lowest BCUT2D eigenvalue weighted by atomic mass is 9.82. The van der Waals surface area contributed by atoms with Gasteiger partial charge in [-0.15, -0.1) is 0 Å². The topological polar surface area (TPSA) is 124 Å². The normalized spacial score (nSPS) is 17.5. The Hall–Kier alpha value is -3.43. The van der Waals surface area contributed by atoms with Gasteiger partial charge in [0.1, 0.15) is 11.3 Å². The molecule has 170 valence electrons. The molecule has 2 heterocycles. The van der Waals surface area contributed by atoms with Crippen LogP contribution in [0.4, 0.5) is 4.79 Å². The molecule has 1 aromatic heterocycles. The average molecular weight is 442 g/mol. The zero-order valence-electron chi connectivity index (χ0n) is 18.0. The predicted molar refractivity (Wildman–Crippen MR) is 111 cm³/mol. The highest BCUT2D eigenvalue weighted by Gasteiger charge is 2.51. The van der Waals surface area contributed by atoms with Crippen molar-refractivity contribution in [3.05, 3.63) is 30.2 Å². The van der Waals surface area contributed by atoms with Gasteiger partial charge in [0.2, 0.25) is 5.82 Å². The fourth-order valence-electron chi connectivity index (χ4n) is 4.15. The monoisotopic (exact) mass is 442 g/mol. The zero-order chi connectivity index (χ0) is 22.6. The van der Waals surface area contributed by atoms with E-state index in [1.54, 1.807) is 0 Å². The Labute approximate surface area is 185 Å². The molecule has 1 N–H and O–H groups in total. The van der Waals surface area contributed by atoms with Crippen LogP contribution in [0, 0.1) is 0 Å². The van der Waals surface area contributed by atoms with Crippen molar-refractivity contribution < 1.29 is 28.4 Å². The first-order valence-corrected chi connectivity index (χ1v) is 10.9. The van der Waals surface area contributed by atoms with Crippen LogP contribution in [0.2, 0.25) is 0 Å². The van der Waals surface area contributed by atoms with E-state index in [0.717, 1.165) is 24.2 Å². The Morgan fingerprint density at radius 3 is 2.78 bits per heavy atom. The minimum absolute atomic E-state index is 0.0257. The maximum atomic E-state index is 12.7. The molecule has 3 amide bonds. The molecule has 10 nitrogen and oxygen atoms in total. The van der Waals surface area contributed by atoms with Crippen LogP contribution in [0.1, 0.15) is 51.3 Å². The molecule has 1 saturated heterocycles. The lowest BCUT2D eigenvalue weighted by Crippen LogP contribution is -2.48. The molecule has 2 aliphatic rings. The molecular formula is C22H26N4O6. The number of imide groups is 1. The Morgan fingerprint density at radius 1 is 1.22 bits per heavy atom. The highest BCUT2D eigenvalue weighted by atomic mass is 16.6. The van der Waals surface area contributed by atoms with Crippen molar-refractivity contribution in [2.75, 3.05) is 13.2 Å². The van der Waals surface area contributed by atoms with E-state index >= 15 is 0 Å². The number of para-hydroxylation sites is 1. The van der Waals surface area contributed by atoms with Crippen LogP contribution in [0.15, 0.2) is 28.8 Å². The molecule has 1 aliphatic carbocycles. The Balaban J connectivity index is 1.29. The van der Waals surface area contributed by atoms with Crippen molar-refractivity contribution >= 4 is 17.9 Å². The number of carbonyl (C=O) groups excluding carboxylic acids is 3. The van der Waals surface area contributed by atoms with Crippen LogP contribution in [0.3, 0.4) is 0 Å². The van der Waals surface area contributed by atoms with Crippen LogP contribution < -0.4 is 10.1 Å². The molecule has 0 radical (unpaired) electrons. The highest BCUT2D eigenvalue weighted by Crippen LogP contribution is 2.33. The van der Waals surface area contributed by atoms with Gasteiger partial charge in [0.05, 0.1) is 18.6 Å². The van der Waals surface area contributed by atoms with Crippen molar-refractivity contribution in [3.63, 3.8) is 0 Å². The fourth-order valence-corrected chi connectivity index (χ4v) is 4.15. The van der Waals surface area contributed by atoms with Gasteiger partial charge in [-0.1, -0.05) is 36.6 Å². The van der Waals surface area contributed by atoms with Gasteiger partial charge >= 0.3 is 12.0 Å². The molecule has 1 aromatic carbocycles. The van der Waals surface area contributed by atoms with Crippen molar-refractivity contribution in [1.29, 1.82) is 0 Å². The number of hydrogen-bond donors (Lipinski definition) is 1. The number of nitrogens with zero attached hydrogens (tertiary/aromatic N) is 3. The summed E-state index contributed by atoms with van der Waals surface area (Å²) in [5.74, 6) is 0.283. The summed E-state index contributed by atoms with van der Waals surface area (Å²) in [7, 11) is 0. The molecule has 2 fully saturated rings. The largest absolute Gasteiger partial charge is 0.493 e. The third kappa shape index (κ3) is 4.44. The molecule has 4 rings (SSSR count). The van der Waals surface area contributed by atoms with Crippen LogP contribution in [-0.4, -0.2) is 51.6 Å². The van der Waals surface area contributed by atoms with Crippen LogP contribution in [-0.2, 0) is 20.9 Å². The Bertz CT molecular complexity index is 998. The average Bonchev–Trinajstić information content (AvgIpc) is 3.35. The molecular weight excluding hydrogens is 416 g/mol. The molecule has 0 atom stereocenters. The van der Waals surface area contributed by atoms with Gasteiger partial charge in [-0.05, 0) is 31.9 Å². The second-order valence-electron chi connectivity index (χ2n) is 7.88. The standard InChI is InChI=1S/C22H26N4O6/c1-2-30-16-9-5-4-8-15(16)19-23-17(32-25-19)14-31-18(27)10-13-26-20(28)22(24-21(26)29)11-6-3-7-12-22/h4-5,8-9H,2-3,6-7,10-14H2,1H3,(H,24,29). The number of rotatable bonds is 8. The van der Waals surface area contributed by atoms with E-state index in [4.69, 9.17) is 14.0 Å². The first-order valence-electron chi connectivity index (χ1n) is 10.9. The number of hydrogen-bond acceptors (Lipinski definition) is 8. The number of nitrogens with one attached hydrogen (secondary N) is 1. The second-order valence-corrected chi connectivity index (χ2v) is 7.88. The molecule has 0 bridgehead atoms. The lowest BCUT2D eigenvalue weighted by Gasteiger charge is -2.30. The third-order valence-corrected chi connectivity index (χ3v) is 5.75. The Morgan fingerprint density at radius 2 is 2.00 bits per heavy atom. The van der Waals surface area contributed by atoms with Crippen LogP contribution >= 0.6 is 0 Å². The minimum Gasteiger partial charge on any atom is -0.493 e. The highest BCUT2D eigenvalue weighted by molar-refractivity contribution is 6.07. The van der Waals surface area contributed by atoms with Crippen LogP contribution in [0.25, 0.3) is 11.4 Å². The van der Waals surface area contributed by atoms with E-state index < -0.39 is 17.5 Å². The summed E-state index contributed by atoms with van der Waals surface area (Å²) in [6.07, 6.45) is 4.05. The number of benzene rings is 1. The van der Waals surface area contributed by atoms with Gasteiger partial charge in [-0.3, -0.25) is 14.5 Å². The smallest absolute Gasteiger partial charge is 0.325 e. The summed E-state index contributed by atoms with van der Waals surface area (Å²) in [4.78, 5) is 42.5. The van der Waals surface area contributed by atoms with Gasteiger partial charge in [0.15, 0.2) is 6.61 Å². The molecule has 1 saturated carbocycles. The van der Waals surface area contributed by atoms with Gasteiger partial charge < -0.3 is 19.3 Å². The maximum Gasteiger partial charge on any atom is 0.325 e. The zero-order valence-corrected chi connectivity index (χ0v) is 18.0.